The first kappa shape index (κ1) is 16.0. The number of rotatable bonds is 3. The molecule has 1 aromatic heterocycles. The highest BCUT2D eigenvalue weighted by Gasteiger charge is 2.34. The third kappa shape index (κ3) is 2.85. The number of carbonyl (C=O) groups excluding carboxylic acids is 1. The lowest BCUT2D eigenvalue weighted by Crippen LogP contribution is -2.40. The maximum Gasteiger partial charge on any atom is 0.254 e. The fourth-order valence-corrected chi connectivity index (χ4v) is 4.94. The van der Waals surface area contributed by atoms with Crippen LogP contribution in [0.15, 0.2) is 18.2 Å². The van der Waals surface area contributed by atoms with Crippen molar-refractivity contribution in [1.82, 2.24) is 14.5 Å². The molecule has 1 aromatic carbocycles. The van der Waals surface area contributed by atoms with Gasteiger partial charge in [0.25, 0.3) is 5.91 Å². The molecule has 0 N–H and O–H groups in total. The van der Waals surface area contributed by atoms with Crippen LogP contribution >= 0.6 is 0 Å². The number of carbonyl (C=O) groups is 1. The van der Waals surface area contributed by atoms with Crippen molar-refractivity contribution in [2.24, 2.45) is 7.05 Å². The van der Waals surface area contributed by atoms with Crippen molar-refractivity contribution in [3.05, 3.63) is 29.6 Å². The van der Waals surface area contributed by atoms with Crippen LogP contribution in [-0.2, 0) is 16.9 Å². The van der Waals surface area contributed by atoms with E-state index in [1.807, 2.05) is 31.5 Å². The van der Waals surface area contributed by atoms with Crippen LogP contribution in [-0.4, -0.2) is 52.9 Å². The molecule has 0 bridgehead atoms. The Morgan fingerprint density at radius 2 is 2.17 bits per heavy atom. The van der Waals surface area contributed by atoms with Crippen LogP contribution in [0.4, 0.5) is 0 Å². The maximum atomic E-state index is 12.8. The average molecular weight is 335 g/mol. The molecule has 0 radical (unpaired) electrons. The number of amides is 1. The zero-order valence-electron chi connectivity index (χ0n) is 13.6. The van der Waals surface area contributed by atoms with E-state index >= 15 is 0 Å². The van der Waals surface area contributed by atoms with Gasteiger partial charge in [-0.15, -0.1) is 0 Å². The molecule has 1 fully saturated rings. The summed E-state index contributed by atoms with van der Waals surface area (Å²) in [5, 5.41) is 0. The van der Waals surface area contributed by atoms with Gasteiger partial charge in [0, 0.05) is 25.2 Å². The van der Waals surface area contributed by atoms with Crippen molar-refractivity contribution < 1.29 is 13.2 Å². The van der Waals surface area contributed by atoms with Crippen LogP contribution in [0.2, 0.25) is 0 Å². The van der Waals surface area contributed by atoms with Crippen LogP contribution < -0.4 is 0 Å². The molecule has 1 aliphatic rings. The molecule has 6 nitrogen and oxygen atoms in total. The van der Waals surface area contributed by atoms with Crippen molar-refractivity contribution in [2.75, 3.05) is 18.1 Å². The smallest absolute Gasteiger partial charge is 0.254 e. The van der Waals surface area contributed by atoms with Gasteiger partial charge in [-0.25, -0.2) is 13.4 Å². The summed E-state index contributed by atoms with van der Waals surface area (Å²) in [4.78, 5) is 18.9. The largest absolute Gasteiger partial charge is 0.335 e. The van der Waals surface area contributed by atoms with Gasteiger partial charge in [-0.2, -0.15) is 0 Å². The van der Waals surface area contributed by atoms with Gasteiger partial charge in [-0.05, 0) is 38.5 Å². The lowest BCUT2D eigenvalue weighted by atomic mass is 10.1. The number of imidazole rings is 1. The minimum atomic E-state index is -3.01. The van der Waals surface area contributed by atoms with Crippen LogP contribution in [0.1, 0.15) is 29.5 Å². The Bertz CT molecular complexity index is 870. The highest BCUT2D eigenvalue weighted by molar-refractivity contribution is 7.91. The Labute approximate surface area is 136 Å². The number of sulfone groups is 1. The zero-order valence-corrected chi connectivity index (χ0v) is 14.4. The normalized spacial score (nSPS) is 20.0. The molecular weight excluding hydrogens is 314 g/mol. The second kappa shape index (κ2) is 5.63. The second-order valence-corrected chi connectivity index (χ2v) is 8.30. The Kier molecular flexibility index (Phi) is 3.91. The number of fused-ring (bicyclic) bond motifs is 1. The van der Waals surface area contributed by atoms with E-state index in [2.05, 4.69) is 4.98 Å². The van der Waals surface area contributed by atoms with Gasteiger partial charge in [0.05, 0.1) is 22.5 Å². The van der Waals surface area contributed by atoms with E-state index in [0.717, 1.165) is 16.9 Å². The molecule has 0 saturated carbocycles. The van der Waals surface area contributed by atoms with E-state index in [-0.39, 0.29) is 23.5 Å². The highest BCUT2D eigenvalue weighted by atomic mass is 32.2. The number of benzene rings is 1. The third-order valence-electron chi connectivity index (χ3n) is 4.60. The van der Waals surface area contributed by atoms with Gasteiger partial charge in [-0.1, -0.05) is 0 Å². The van der Waals surface area contributed by atoms with E-state index in [4.69, 9.17) is 0 Å². The van der Waals surface area contributed by atoms with Gasteiger partial charge in [0.1, 0.15) is 5.82 Å². The summed E-state index contributed by atoms with van der Waals surface area (Å²) in [6.45, 7) is 4.30. The molecule has 1 aliphatic heterocycles. The fourth-order valence-electron chi connectivity index (χ4n) is 3.21. The maximum absolute atomic E-state index is 12.8. The lowest BCUT2D eigenvalue weighted by molar-refractivity contribution is 0.0708. The first-order valence-electron chi connectivity index (χ1n) is 7.77. The molecule has 124 valence electrons. The topological polar surface area (TPSA) is 72.3 Å². The predicted octanol–water partition coefficient (Wildman–Crippen LogP) is 1.53. The molecule has 1 unspecified atom stereocenters. The molecule has 0 spiro atoms. The van der Waals surface area contributed by atoms with Crippen molar-refractivity contribution in [1.29, 1.82) is 0 Å². The fraction of sp³-hybridized carbons (Fsp3) is 0.500. The summed E-state index contributed by atoms with van der Waals surface area (Å²) < 4.78 is 25.3. The highest BCUT2D eigenvalue weighted by Crippen LogP contribution is 2.22. The van der Waals surface area contributed by atoms with E-state index < -0.39 is 9.84 Å². The molecule has 23 heavy (non-hydrogen) atoms. The number of hydrogen-bond donors (Lipinski definition) is 0. The molecule has 1 amide bonds. The predicted molar refractivity (Wildman–Crippen MR) is 89.2 cm³/mol. The minimum absolute atomic E-state index is 0.0670. The molecule has 1 atom stereocenters. The molecule has 2 aromatic rings. The molecule has 1 saturated heterocycles. The van der Waals surface area contributed by atoms with Crippen LogP contribution in [0, 0.1) is 6.92 Å². The summed E-state index contributed by atoms with van der Waals surface area (Å²) in [6, 6.07) is 5.25. The monoisotopic (exact) mass is 335 g/mol. The lowest BCUT2D eigenvalue weighted by Gasteiger charge is -2.27. The van der Waals surface area contributed by atoms with Crippen molar-refractivity contribution >= 4 is 26.8 Å². The second-order valence-electron chi connectivity index (χ2n) is 6.07. The molecule has 3 rings (SSSR count). The van der Waals surface area contributed by atoms with Gasteiger partial charge in [0.15, 0.2) is 9.84 Å². The summed E-state index contributed by atoms with van der Waals surface area (Å²) in [7, 11) is -1.07. The minimum Gasteiger partial charge on any atom is -0.335 e. The number of hydrogen-bond acceptors (Lipinski definition) is 4. The van der Waals surface area contributed by atoms with E-state index in [9.17, 15) is 13.2 Å². The molecule has 7 heteroatoms. The van der Waals surface area contributed by atoms with Gasteiger partial charge >= 0.3 is 0 Å². The number of nitrogens with zero attached hydrogens (tertiary/aromatic N) is 3. The van der Waals surface area contributed by atoms with Crippen LogP contribution in [0.5, 0.6) is 0 Å². The third-order valence-corrected chi connectivity index (χ3v) is 6.35. The van der Waals surface area contributed by atoms with E-state index in [0.29, 0.717) is 18.5 Å². The summed E-state index contributed by atoms with van der Waals surface area (Å²) in [6.07, 6.45) is 0.521. The molecular formula is C16H21N3O3S. The summed E-state index contributed by atoms with van der Waals surface area (Å²) >= 11 is 0. The average Bonchev–Trinajstić information content (AvgIpc) is 2.99. The van der Waals surface area contributed by atoms with E-state index in [1.54, 1.807) is 17.0 Å². The molecule has 0 aliphatic carbocycles. The quantitative estimate of drug-likeness (QED) is 0.853. The van der Waals surface area contributed by atoms with Crippen molar-refractivity contribution in [2.45, 2.75) is 26.3 Å². The number of aromatic nitrogens is 2. The van der Waals surface area contributed by atoms with Crippen molar-refractivity contribution in [3.8, 4) is 0 Å². The standard InChI is InChI=1S/C16H21N3O3S/c1-4-19(13-7-8-23(21,22)10-13)16(20)12-5-6-15-14(9-12)17-11(2)18(15)3/h5-6,9,13H,4,7-8,10H2,1-3H3. The Hall–Kier alpha value is -1.89. The van der Waals surface area contributed by atoms with Gasteiger partial charge in [0.2, 0.25) is 0 Å². The van der Waals surface area contributed by atoms with Crippen LogP contribution in [0.25, 0.3) is 11.0 Å². The van der Waals surface area contributed by atoms with Crippen molar-refractivity contribution in [3.63, 3.8) is 0 Å². The first-order chi connectivity index (χ1) is 10.8. The number of aryl methyl sites for hydroxylation is 2. The summed E-state index contributed by atoms with van der Waals surface area (Å²) in [5.41, 5.74) is 2.32. The SMILES string of the molecule is CCN(C(=O)c1ccc2c(c1)nc(C)n2C)C1CCS(=O)(=O)C1. The Morgan fingerprint density at radius 3 is 2.78 bits per heavy atom. The van der Waals surface area contributed by atoms with E-state index in [1.165, 1.54) is 0 Å². The van der Waals surface area contributed by atoms with Gasteiger partial charge < -0.3 is 9.47 Å². The van der Waals surface area contributed by atoms with Crippen LogP contribution in [0.3, 0.4) is 0 Å². The Balaban J connectivity index is 1.92. The molecule has 2 heterocycles. The zero-order chi connectivity index (χ0) is 16.8. The van der Waals surface area contributed by atoms with Gasteiger partial charge in [-0.3, -0.25) is 4.79 Å². The summed E-state index contributed by atoms with van der Waals surface area (Å²) in [5.74, 6) is 0.996. The first-order valence-corrected chi connectivity index (χ1v) is 9.59. The Morgan fingerprint density at radius 1 is 1.43 bits per heavy atom.